The zero-order valence-corrected chi connectivity index (χ0v) is 10.4. The first-order valence-corrected chi connectivity index (χ1v) is 5.64. The first kappa shape index (κ1) is 12.0. The third kappa shape index (κ3) is 2.70. The molecule has 2 unspecified atom stereocenters. The molecule has 1 aromatic heterocycles. The number of amides is 1. The Labute approximate surface area is 101 Å². The molecule has 2 atom stereocenters. The van der Waals surface area contributed by atoms with E-state index in [0.29, 0.717) is 0 Å². The Bertz CT molecular complexity index is 344. The monoisotopic (exact) mass is 296 g/mol. The van der Waals surface area contributed by atoms with E-state index in [9.17, 15) is 4.79 Å². The van der Waals surface area contributed by atoms with Crippen LogP contribution in [0.3, 0.4) is 0 Å². The molecule has 1 heterocycles. The van der Waals surface area contributed by atoms with Crippen molar-refractivity contribution in [2.24, 2.45) is 5.73 Å². The minimum atomic E-state index is -0.0198. The summed E-state index contributed by atoms with van der Waals surface area (Å²) in [7, 11) is 0. The van der Waals surface area contributed by atoms with Gasteiger partial charge in [0.2, 0.25) is 0 Å². The standard InChI is InChI=1S/C8H9BrN2OS.ClH/c9-4-1-7(13-3-4)8(12)11-6-2-5(6)10;/h1,3,5-6H,2,10H2,(H,11,12);1H. The maximum absolute atomic E-state index is 11.5. The van der Waals surface area contributed by atoms with Crippen molar-refractivity contribution >= 4 is 45.6 Å². The minimum absolute atomic E-state index is 0. The topological polar surface area (TPSA) is 55.1 Å². The molecular formula is C8H10BrClN2OS. The average molecular weight is 298 g/mol. The van der Waals surface area contributed by atoms with Gasteiger partial charge < -0.3 is 11.1 Å². The molecular weight excluding hydrogens is 288 g/mol. The van der Waals surface area contributed by atoms with E-state index in [1.54, 1.807) is 0 Å². The van der Waals surface area contributed by atoms with E-state index in [2.05, 4.69) is 21.2 Å². The molecule has 1 aliphatic carbocycles. The Morgan fingerprint density at radius 3 is 2.79 bits per heavy atom. The number of nitrogens with two attached hydrogens (primary N) is 1. The summed E-state index contributed by atoms with van der Waals surface area (Å²) in [4.78, 5) is 12.2. The van der Waals surface area contributed by atoms with Crippen LogP contribution in [0.25, 0.3) is 0 Å². The summed E-state index contributed by atoms with van der Waals surface area (Å²) in [6.45, 7) is 0. The van der Waals surface area contributed by atoms with Crippen LogP contribution in [0, 0.1) is 0 Å². The van der Waals surface area contributed by atoms with Crippen molar-refractivity contribution < 1.29 is 4.79 Å². The molecule has 0 spiro atoms. The second-order valence-corrected chi connectivity index (χ2v) is 4.94. The third-order valence-electron chi connectivity index (χ3n) is 1.95. The number of nitrogens with one attached hydrogen (secondary N) is 1. The van der Waals surface area contributed by atoms with Crippen LogP contribution in [-0.4, -0.2) is 18.0 Å². The molecule has 1 fully saturated rings. The average Bonchev–Trinajstić information content (AvgIpc) is 2.62. The molecule has 0 aliphatic heterocycles. The smallest absolute Gasteiger partial charge is 0.261 e. The molecule has 1 amide bonds. The molecule has 2 rings (SSSR count). The molecule has 3 N–H and O–H groups in total. The Balaban J connectivity index is 0.000000980. The second-order valence-electron chi connectivity index (χ2n) is 3.11. The molecule has 1 aliphatic rings. The van der Waals surface area contributed by atoms with Crippen molar-refractivity contribution in [2.45, 2.75) is 18.5 Å². The van der Waals surface area contributed by atoms with Gasteiger partial charge in [0.1, 0.15) is 0 Å². The number of carbonyl (C=O) groups is 1. The van der Waals surface area contributed by atoms with Gasteiger partial charge in [-0.15, -0.1) is 23.7 Å². The zero-order valence-electron chi connectivity index (χ0n) is 7.20. The van der Waals surface area contributed by atoms with Crippen molar-refractivity contribution in [2.75, 3.05) is 0 Å². The number of hydrogen-bond donors (Lipinski definition) is 2. The van der Waals surface area contributed by atoms with Crippen LogP contribution >= 0.6 is 39.7 Å². The highest BCUT2D eigenvalue weighted by Gasteiger charge is 2.35. The third-order valence-corrected chi connectivity index (χ3v) is 3.64. The van der Waals surface area contributed by atoms with Crippen LogP contribution in [-0.2, 0) is 0 Å². The Morgan fingerprint density at radius 1 is 1.71 bits per heavy atom. The highest BCUT2D eigenvalue weighted by atomic mass is 79.9. The highest BCUT2D eigenvalue weighted by Crippen LogP contribution is 2.22. The Hall–Kier alpha value is -0.100. The predicted octanol–water partition coefficient (Wildman–Crippen LogP) is 1.76. The van der Waals surface area contributed by atoms with Gasteiger partial charge in [0.05, 0.1) is 4.88 Å². The summed E-state index contributed by atoms with van der Waals surface area (Å²) in [5, 5.41) is 4.75. The molecule has 0 radical (unpaired) electrons. The Morgan fingerprint density at radius 2 is 2.36 bits per heavy atom. The van der Waals surface area contributed by atoms with Gasteiger partial charge in [-0.25, -0.2) is 0 Å². The van der Waals surface area contributed by atoms with E-state index < -0.39 is 0 Å². The molecule has 6 heteroatoms. The van der Waals surface area contributed by atoms with Gasteiger partial charge in [0.25, 0.3) is 5.91 Å². The van der Waals surface area contributed by atoms with E-state index in [1.807, 2.05) is 11.4 Å². The van der Waals surface area contributed by atoms with Crippen molar-refractivity contribution in [1.82, 2.24) is 5.32 Å². The summed E-state index contributed by atoms with van der Waals surface area (Å²) in [5.41, 5.74) is 5.58. The number of halogens is 2. The number of rotatable bonds is 2. The highest BCUT2D eigenvalue weighted by molar-refractivity contribution is 9.10. The maximum Gasteiger partial charge on any atom is 0.261 e. The van der Waals surface area contributed by atoms with E-state index in [1.165, 1.54) is 11.3 Å². The van der Waals surface area contributed by atoms with Gasteiger partial charge in [0, 0.05) is 21.9 Å². The largest absolute Gasteiger partial charge is 0.347 e. The lowest BCUT2D eigenvalue weighted by atomic mass is 10.4. The molecule has 3 nitrogen and oxygen atoms in total. The molecule has 78 valence electrons. The summed E-state index contributed by atoms with van der Waals surface area (Å²) < 4.78 is 0.947. The zero-order chi connectivity index (χ0) is 9.42. The quantitative estimate of drug-likeness (QED) is 0.874. The molecule has 1 saturated carbocycles. The van der Waals surface area contributed by atoms with Crippen molar-refractivity contribution in [3.05, 3.63) is 20.8 Å². The molecule has 14 heavy (non-hydrogen) atoms. The summed E-state index contributed by atoms with van der Waals surface area (Å²) in [5.74, 6) is -0.0198. The fourth-order valence-corrected chi connectivity index (χ4v) is 2.38. The molecule has 0 bridgehead atoms. The first-order chi connectivity index (χ1) is 6.16. The van der Waals surface area contributed by atoms with Gasteiger partial charge in [-0.1, -0.05) is 0 Å². The van der Waals surface area contributed by atoms with E-state index in [0.717, 1.165) is 15.8 Å². The fraction of sp³-hybridized carbons (Fsp3) is 0.375. The van der Waals surface area contributed by atoms with Crippen LogP contribution in [0.1, 0.15) is 16.1 Å². The lowest BCUT2D eigenvalue weighted by Gasteiger charge is -1.99. The minimum Gasteiger partial charge on any atom is -0.347 e. The van der Waals surface area contributed by atoms with E-state index in [4.69, 9.17) is 5.73 Å². The Kier molecular flexibility index (Phi) is 3.94. The van der Waals surface area contributed by atoms with Crippen LogP contribution in [0.2, 0.25) is 0 Å². The van der Waals surface area contributed by atoms with Crippen molar-refractivity contribution in [3.63, 3.8) is 0 Å². The normalized spacial score (nSPS) is 23.9. The van der Waals surface area contributed by atoms with Gasteiger partial charge in [-0.2, -0.15) is 0 Å². The summed E-state index contributed by atoms with van der Waals surface area (Å²) >= 11 is 4.73. The van der Waals surface area contributed by atoms with Crippen molar-refractivity contribution in [3.8, 4) is 0 Å². The van der Waals surface area contributed by atoms with Crippen LogP contribution < -0.4 is 11.1 Å². The number of hydrogen-bond acceptors (Lipinski definition) is 3. The molecule has 0 aromatic carbocycles. The second kappa shape index (κ2) is 4.61. The van der Waals surface area contributed by atoms with Gasteiger partial charge in [0.15, 0.2) is 0 Å². The lowest BCUT2D eigenvalue weighted by molar-refractivity contribution is 0.0954. The first-order valence-electron chi connectivity index (χ1n) is 3.97. The van der Waals surface area contributed by atoms with Crippen LogP contribution in [0.15, 0.2) is 15.9 Å². The number of thiophene rings is 1. The summed E-state index contributed by atoms with van der Waals surface area (Å²) in [6.07, 6.45) is 0.901. The predicted molar refractivity (Wildman–Crippen MR) is 63.1 cm³/mol. The molecule has 1 aromatic rings. The lowest BCUT2D eigenvalue weighted by Crippen LogP contribution is -2.28. The maximum atomic E-state index is 11.5. The molecule has 0 saturated heterocycles. The van der Waals surface area contributed by atoms with Crippen LogP contribution in [0.4, 0.5) is 0 Å². The summed E-state index contributed by atoms with van der Waals surface area (Å²) in [6, 6.07) is 2.16. The fourth-order valence-electron chi connectivity index (χ4n) is 1.05. The van der Waals surface area contributed by atoms with Gasteiger partial charge >= 0.3 is 0 Å². The SMILES string of the molecule is Cl.NC1CC1NC(=O)c1cc(Br)cs1. The van der Waals surface area contributed by atoms with E-state index >= 15 is 0 Å². The van der Waals surface area contributed by atoms with E-state index in [-0.39, 0.29) is 30.4 Å². The van der Waals surface area contributed by atoms with Crippen LogP contribution in [0.5, 0.6) is 0 Å². The van der Waals surface area contributed by atoms with Crippen molar-refractivity contribution in [1.29, 1.82) is 0 Å². The number of carbonyl (C=O) groups excluding carboxylic acids is 1. The van der Waals surface area contributed by atoms with Gasteiger partial charge in [-0.05, 0) is 28.4 Å². The van der Waals surface area contributed by atoms with Gasteiger partial charge in [-0.3, -0.25) is 4.79 Å².